The molecule has 17 heavy (non-hydrogen) atoms. The summed E-state index contributed by atoms with van der Waals surface area (Å²) >= 11 is 0. The first kappa shape index (κ1) is 11.7. The third kappa shape index (κ3) is 3.11. The molecule has 0 fully saturated rings. The Labute approximate surface area is 102 Å². The van der Waals surface area contributed by atoms with Gasteiger partial charge in [0.25, 0.3) is 0 Å². The maximum atomic E-state index is 6.10. The molecule has 0 saturated carbocycles. The molecule has 88 valence electrons. The molecular weight excluding hydrogens is 210 g/mol. The molecule has 0 spiro atoms. The maximum Gasteiger partial charge on any atom is 0.145 e. The molecule has 2 rings (SSSR count). The van der Waals surface area contributed by atoms with E-state index >= 15 is 0 Å². The molecule has 0 saturated heterocycles. The Morgan fingerprint density at radius 2 is 1.82 bits per heavy atom. The lowest BCUT2D eigenvalue weighted by atomic mass is 10.0. The van der Waals surface area contributed by atoms with E-state index in [0.29, 0.717) is 5.82 Å². The van der Waals surface area contributed by atoms with Gasteiger partial charge in [-0.1, -0.05) is 29.8 Å². The molecule has 0 amide bonds. The Balaban J connectivity index is 2.11. The zero-order chi connectivity index (χ0) is 12.3. The average molecular weight is 227 g/mol. The second-order valence-corrected chi connectivity index (χ2v) is 4.42. The van der Waals surface area contributed by atoms with Crippen molar-refractivity contribution in [1.29, 1.82) is 0 Å². The second-order valence-electron chi connectivity index (χ2n) is 4.42. The number of benzene rings is 1. The predicted molar refractivity (Wildman–Crippen MR) is 68.6 cm³/mol. The Hall–Kier alpha value is -1.74. The number of aryl methyl sites for hydroxylation is 2. The molecule has 0 aliphatic heterocycles. The first-order valence-corrected chi connectivity index (χ1v) is 5.75. The van der Waals surface area contributed by atoms with Crippen LogP contribution < -0.4 is 5.73 Å². The van der Waals surface area contributed by atoms with Crippen LogP contribution in [-0.2, 0) is 6.42 Å². The van der Waals surface area contributed by atoms with E-state index in [4.69, 9.17) is 5.73 Å². The fourth-order valence-electron chi connectivity index (χ4n) is 1.78. The minimum atomic E-state index is -0.141. The first-order valence-electron chi connectivity index (χ1n) is 5.75. The van der Waals surface area contributed by atoms with Gasteiger partial charge < -0.3 is 5.73 Å². The van der Waals surface area contributed by atoms with Gasteiger partial charge in [0, 0.05) is 12.4 Å². The summed E-state index contributed by atoms with van der Waals surface area (Å²) in [6, 6.07) is 8.22. The van der Waals surface area contributed by atoms with Crippen molar-refractivity contribution in [2.24, 2.45) is 5.73 Å². The van der Waals surface area contributed by atoms with Crippen LogP contribution in [0.25, 0.3) is 0 Å². The summed E-state index contributed by atoms with van der Waals surface area (Å²) in [7, 11) is 0. The van der Waals surface area contributed by atoms with Crippen molar-refractivity contribution < 1.29 is 0 Å². The molecule has 1 unspecified atom stereocenters. The van der Waals surface area contributed by atoms with Crippen LogP contribution in [0.15, 0.2) is 36.7 Å². The van der Waals surface area contributed by atoms with Gasteiger partial charge in [-0.25, -0.2) is 9.97 Å². The van der Waals surface area contributed by atoms with E-state index in [0.717, 1.165) is 12.0 Å². The lowest BCUT2D eigenvalue weighted by molar-refractivity contribution is 0.665. The summed E-state index contributed by atoms with van der Waals surface area (Å²) in [6.45, 7) is 4.05. The topological polar surface area (TPSA) is 51.8 Å². The normalized spacial score (nSPS) is 12.4. The van der Waals surface area contributed by atoms with Gasteiger partial charge in [-0.2, -0.15) is 0 Å². The minimum absolute atomic E-state index is 0.141. The number of hydrogen-bond acceptors (Lipinski definition) is 3. The largest absolute Gasteiger partial charge is 0.321 e. The molecule has 1 heterocycles. The summed E-state index contributed by atoms with van der Waals surface area (Å²) in [4.78, 5) is 8.52. The highest BCUT2D eigenvalue weighted by atomic mass is 14.9. The van der Waals surface area contributed by atoms with Gasteiger partial charge in [0.2, 0.25) is 0 Å². The lowest BCUT2D eigenvalue weighted by Crippen LogP contribution is -2.16. The highest BCUT2D eigenvalue weighted by molar-refractivity contribution is 5.23. The monoisotopic (exact) mass is 227 g/mol. The van der Waals surface area contributed by atoms with Crippen LogP contribution in [0.3, 0.4) is 0 Å². The molecule has 1 atom stereocenters. The van der Waals surface area contributed by atoms with Gasteiger partial charge >= 0.3 is 0 Å². The van der Waals surface area contributed by atoms with Gasteiger partial charge in [0.05, 0.1) is 6.04 Å². The van der Waals surface area contributed by atoms with Crippen LogP contribution in [0.1, 0.15) is 28.6 Å². The van der Waals surface area contributed by atoms with Gasteiger partial charge in [-0.05, 0) is 31.4 Å². The number of nitrogens with zero attached hydrogens (tertiary/aromatic N) is 2. The number of nitrogens with two attached hydrogens (primary N) is 1. The average Bonchev–Trinajstić information content (AvgIpc) is 2.29. The van der Waals surface area contributed by atoms with Crippen molar-refractivity contribution in [3.63, 3.8) is 0 Å². The van der Waals surface area contributed by atoms with E-state index in [1.165, 1.54) is 11.1 Å². The molecule has 0 aliphatic carbocycles. The number of rotatable bonds is 3. The quantitative estimate of drug-likeness (QED) is 0.875. The summed E-state index contributed by atoms with van der Waals surface area (Å²) in [6.07, 6.45) is 4.38. The van der Waals surface area contributed by atoms with Crippen LogP contribution >= 0.6 is 0 Å². The third-order valence-electron chi connectivity index (χ3n) is 2.67. The Morgan fingerprint density at radius 3 is 2.47 bits per heavy atom. The van der Waals surface area contributed by atoms with Crippen molar-refractivity contribution >= 4 is 0 Å². The summed E-state index contributed by atoms with van der Waals surface area (Å²) < 4.78 is 0. The first-order chi connectivity index (χ1) is 8.15. The van der Waals surface area contributed by atoms with Crippen molar-refractivity contribution in [2.75, 3.05) is 0 Å². The van der Waals surface area contributed by atoms with Crippen molar-refractivity contribution in [3.05, 3.63) is 59.2 Å². The molecule has 2 N–H and O–H groups in total. The highest BCUT2D eigenvalue weighted by Crippen LogP contribution is 2.13. The van der Waals surface area contributed by atoms with Crippen LogP contribution in [-0.4, -0.2) is 9.97 Å². The standard InChI is InChI=1S/C14H17N3/c1-10-4-3-5-12(6-10)7-13(15)14-16-8-11(2)9-17-14/h3-6,8-9,13H,7,15H2,1-2H3. The summed E-state index contributed by atoms with van der Waals surface area (Å²) in [5, 5.41) is 0. The van der Waals surface area contributed by atoms with Crippen molar-refractivity contribution in [2.45, 2.75) is 26.3 Å². The summed E-state index contributed by atoms with van der Waals surface area (Å²) in [5.41, 5.74) is 9.63. The van der Waals surface area contributed by atoms with E-state index in [2.05, 4.69) is 35.1 Å². The predicted octanol–water partition coefficient (Wildman–Crippen LogP) is 2.34. The molecule has 2 aromatic rings. The van der Waals surface area contributed by atoms with E-state index in [1.54, 1.807) is 12.4 Å². The Morgan fingerprint density at radius 1 is 1.12 bits per heavy atom. The Kier molecular flexibility index (Phi) is 3.49. The molecule has 3 nitrogen and oxygen atoms in total. The SMILES string of the molecule is Cc1cnc(C(N)Cc2cccc(C)c2)nc1. The molecule has 1 aromatic heterocycles. The van der Waals surface area contributed by atoms with Crippen LogP contribution in [0.2, 0.25) is 0 Å². The Bertz CT molecular complexity index is 491. The highest BCUT2D eigenvalue weighted by Gasteiger charge is 2.09. The molecule has 3 heteroatoms. The van der Waals surface area contributed by atoms with E-state index in [1.807, 2.05) is 13.0 Å². The molecule has 0 radical (unpaired) electrons. The number of hydrogen-bond donors (Lipinski definition) is 1. The zero-order valence-electron chi connectivity index (χ0n) is 10.2. The van der Waals surface area contributed by atoms with Crippen LogP contribution in [0.5, 0.6) is 0 Å². The smallest absolute Gasteiger partial charge is 0.145 e. The van der Waals surface area contributed by atoms with Crippen LogP contribution in [0.4, 0.5) is 0 Å². The van der Waals surface area contributed by atoms with Crippen molar-refractivity contribution in [3.8, 4) is 0 Å². The minimum Gasteiger partial charge on any atom is -0.321 e. The van der Waals surface area contributed by atoms with E-state index < -0.39 is 0 Å². The molecular formula is C14H17N3. The molecule has 1 aromatic carbocycles. The van der Waals surface area contributed by atoms with E-state index in [9.17, 15) is 0 Å². The number of aromatic nitrogens is 2. The van der Waals surface area contributed by atoms with Crippen molar-refractivity contribution in [1.82, 2.24) is 9.97 Å². The van der Waals surface area contributed by atoms with E-state index in [-0.39, 0.29) is 6.04 Å². The van der Waals surface area contributed by atoms with Gasteiger partial charge in [0.15, 0.2) is 0 Å². The van der Waals surface area contributed by atoms with Gasteiger partial charge in [0.1, 0.15) is 5.82 Å². The fraction of sp³-hybridized carbons (Fsp3) is 0.286. The van der Waals surface area contributed by atoms with Gasteiger partial charge in [-0.15, -0.1) is 0 Å². The maximum absolute atomic E-state index is 6.10. The van der Waals surface area contributed by atoms with Crippen LogP contribution in [0, 0.1) is 13.8 Å². The molecule has 0 aliphatic rings. The van der Waals surface area contributed by atoms with Gasteiger partial charge in [-0.3, -0.25) is 0 Å². The summed E-state index contributed by atoms with van der Waals surface area (Å²) in [5.74, 6) is 0.706. The fourth-order valence-corrected chi connectivity index (χ4v) is 1.78. The third-order valence-corrected chi connectivity index (χ3v) is 2.67. The second kappa shape index (κ2) is 5.06. The molecule has 0 bridgehead atoms. The zero-order valence-corrected chi connectivity index (χ0v) is 10.2. The lowest BCUT2D eigenvalue weighted by Gasteiger charge is -2.10.